The summed E-state index contributed by atoms with van der Waals surface area (Å²) in [5.74, 6) is 0.445. The highest BCUT2D eigenvalue weighted by Gasteiger charge is 2.41. The van der Waals surface area contributed by atoms with Crippen molar-refractivity contribution in [3.8, 4) is 5.75 Å². The molecule has 0 heterocycles. The Balaban J connectivity index is 2.46. The first-order valence-corrected chi connectivity index (χ1v) is 6.68. The van der Waals surface area contributed by atoms with Crippen LogP contribution in [0.2, 0.25) is 0 Å². The maximum atomic E-state index is 13.5. The summed E-state index contributed by atoms with van der Waals surface area (Å²) in [6.07, 6.45) is 4.69. The van der Waals surface area contributed by atoms with Crippen molar-refractivity contribution in [3.63, 3.8) is 0 Å². The minimum Gasteiger partial charge on any atom is -0.496 e. The van der Waals surface area contributed by atoms with Crippen LogP contribution in [0.15, 0.2) is 18.2 Å². The smallest absolute Gasteiger partial charge is 0.125 e. The third-order valence-electron chi connectivity index (χ3n) is 4.16. The molecule has 0 amide bonds. The van der Waals surface area contributed by atoms with Gasteiger partial charge in [0.15, 0.2) is 0 Å². The van der Waals surface area contributed by atoms with Gasteiger partial charge in [0.1, 0.15) is 11.6 Å². The van der Waals surface area contributed by atoms with Crippen LogP contribution >= 0.6 is 0 Å². The van der Waals surface area contributed by atoms with Crippen molar-refractivity contribution in [2.24, 2.45) is 5.92 Å². The number of aliphatic hydroxyl groups is 1. The summed E-state index contributed by atoms with van der Waals surface area (Å²) in [5, 5.41) is 11.0. The van der Waals surface area contributed by atoms with Crippen LogP contribution < -0.4 is 4.74 Å². The molecule has 1 saturated carbocycles. The molecule has 2 unspecified atom stereocenters. The van der Waals surface area contributed by atoms with E-state index in [1.807, 2.05) is 0 Å². The molecule has 1 aromatic rings. The second-order valence-electron chi connectivity index (χ2n) is 5.12. The molecule has 0 bridgehead atoms. The highest BCUT2D eigenvalue weighted by atomic mass is 19.1. The fourth-order valence-electron chi connectivity index (χ4n) is 3.14. The molecule has 1 N–H and O–H groups in total. The van der Waals surface area contributed by atoms with Gasteiger partial charge in [0.25, 0.3) is 0 Å². The van der Waals surface area contributed by atoms with E-state index < -0.39 is 5.60 Å². The van der Waals surface area contributed by atoms with Gasteiger partial charge in [-0.2, -0.15) is 0 Å². The molecule has 0 radical (unpaired) electrons. The molecule has 0 aromatic heterocycles. The van der Waals surface area contributed by atoms with Crippen LogP contribution in [0.5, 0.6) is 5.75 Å². The zero-order chi connectivity index (χ0) is 13.2. The normalized spacial score (nSPS) is 28.1. The minimum atomic E-state index is -0.944. The van der Waals surface area contributed by atoms with Crippen molar-refractivity contribution >= 4 is 0 Å². The number of halogens is 1. The molecule has 0 spiro atoms. The van der Waals surface area contributed by atoms with Gasteiger partial charge in [-0.15, -0.1) is 0 Å². The average molecular weight is 252 g/mol. The standard InChI is InChI=1S/C15H21FO2/c1-3-11-6-4-5-9-15(11,17)13-10-12(16)7-8-14(13)18-2/h7-8,10-11,17H,3-6,9H2,1-2H3. The summed E-state index contributed by atoms with van der Waals surface area (Å²) in [7, 11) is 1.56. The number of benzene rings is 1. The molecule has 100 valence electrons. The van der Waals surface area contributed by atoms with Gasteiger partial charge in [-0.1, -0.05) is 26.2 Å². The molecule has 1 aromatic carbocycles. The average Bonchev–Trinajstić information content (AvgIpc) is 2.39. The van der Waals surface area contributed by atoms with Crippen LogP contribution in [0.25, 0.3) is 0 Å². The van der Waals surface area contributed by atoms with Crippen LogP contribution in [0.3, 0.4) is 0 Å². The largest absolute Gasteiger partial charge is 0.496 e. The molecule has 1 fully saturated rings. The lowest BCUT2D eigenvalue weighted by Crippen LogP contribution is -2.38. The van der Waals surface area contributed by atoms with E-state index in [0.29, 0.717) is 17.7 Å². The van der Waals surface area contributed by atoms with Crippen molar-refractivity contribution < 1.29 is 14.2 Å². The molecular formula is C15H21FO2. The molecule has 2 nitrogen and oxygen atoms in total. The molecule has 1 aliphatic carbocycles. The summed E-state index contributed by atoms with van der Waals surface area (Å²) < 4.78 is 18.8. The van der Waals surface area contributed by atoms with Gasteiger partial charge < -0.3 is 9.84 Å². The lowest BCUT2D eigenvalue weighted by atomic mass is 9.70. The Morgan fingerprint density at radius 3 is 2.89 bits per heavy atom. The van der Waals surface area contributed by atoms with E-state index in [4.69, 9.17) is 4.74 Å². The lowest BCUT2D eigenvalue weighted by Gasteiger charge is -2.40. The SMILES string of the molecule is CCC1CCCCC1(O)c1cc(F)ccc1OC. The quantitative estimate of drug-likeness (QED) is 0.890. The molecule has 0 aliphatic heterocycles. The first-order valence-electron chi connectivity index (χ1n) is 6.68. The van der Waals surface area contributed by atoms with Crippen molar-refractivity contribution in [2.75, 3.05) is 7.11 Å². The Bertz CT molecular complexity index is 419. The van der Waals surface area contributed by atoms with E-state index in [1.165, 1.54) is 12.1 Å². The van der Waals surface area contributed by atoms with E-state index in [1.54, 1.807) is 13.2 Å². The van der Waals surface area contributed by atoms with E-state index in [9.17, 15) is 9.50 Å². The predicted octanol–water partition coefficient (Wildman–Crippen LogP) is 3.62. The molecule has 3 heteroatoms. The third kappa shape index (κ3) is 2.24. The zero-order valence-electron chi connectivity index (χ0n) is 11.1. The van der Waals surface area contributed by atoms with E-state index in [0.717, 1.165) is 25.7 Å². The van der Waals surface area contributed by atoms with Gasteiger partial charge >= 0.3 is 0 Å². The van der Waals surface area contributed by atoms with Crippen molar-refractivity contribution in [2.45, 2.75) is 44.6 Å². The molecule has 2 rings (SSSR count). The first-order chi connectivity index (χ1) is 8.61. The molecule has 2 atom stereocenters. The van der Waals surface area contributed by atoms with Crippen LogP contribution in [0.4, 0.5) is 4.39 Å². The Morgan fingerprint density at radius 2 is 2.22 bits per heavy atom. The summed E-state index contributed by atoms with van der Waals surface area (Å²) in [5.41, 5.74) is -0.336. The van der Waals surface area contributed by atoms with Crippen LogP contribution in [0, 0.1) is 11.7 Å². The maximum Gasteiger partial charge on any atom is 0.125 e. The highest BCUT2D eigenvalue weighted by Crippen LogP contribution is 2.46. The Kier molecular flexibility index (Phi) is 3.91. The molecule has 18 heavy (non-hydrogen) atoms. The fourth-order valence-corrected chi connectivity index (χ4v) is 3.14. The number of methoxy groups -OCH3 is 1. The van der Waals surface area contributed by atoms with Gasteiger partial charge in [-0.25, -0.2) is 4.39 Å². The second kappa shape index (κ2) is 5.27. The summed E-state index contributed by atoms with van der Waals surface area (Å²) in [4.78, 5) is 0. The van der Waals surface area contributed by atoms with Gasteiger partial charge in [-0.3, -0.25) is 0 Å². The Labute approximate surface area is 108 Å². The molecular weight excluding hydrogens is 231 g/mol. The summed E-state index contributed by atoms with van der Waals surface area (Å²) >= 11 is 0. The van der Waals surface area contributed by atoms with Crippen molar-refractivity contribution in [1.82, 2.24) is 0 Å². The zero-order valence-corrected chi connectivity index (χ0v) is 11.1. The first kappa shape index (κ1) is 13.3. The van der Waals surface area contributed by atoms with Crippen LogP contribution in [-0.4, -0.2) is 12.2 Å². The highest BCUT2D eigenvalue weighted by molar-refractivity contribution is 5.39. The lowest BCUT2D eigenvalue weighted by molar-refractivity contribution is -0.0574. The van der Waals surface area contributed by atoms with Gasteiger partial charge in [0, 0.05) is 5.56 Å². The summed E-state index contributed by atoms with van der Waals surface area (Å²) in [6.45, 7) is 2.08. The van der Waals surface area contributed by atoms with Crippen molar-refractivity contribution in [1.29, 1.82) is 0 Å². The minimum absolute atomic E-state index is 0.182. The van der Waals surface area contributed by atoms with E-state index >= 15 is 0 Å². The van der Waals surface area contributed by atoms with Crippen LogP contribution in [-0.2, 0) is 5.60 Å². The van der Waals surface area contributed by atoms with Gasteiger partial charge in [0.2, 0.25) is 0 Å². The van der Waals surface area contributed by atoms with Crippen molar-refractivity contribution in [3.05, 3.63) is 29.6 Å². The van der Waals surface area contributed by atoms with E-state index in [-0.39, 0.29) is 11.7 Å². The van der Waals surface area contributed by atoms with Crippen LogP contribution in [0.1, 0.15) is 44.6 Å². The van der Waals surface area contributed by atoms with Gasteiger partial charge in [-0.05, 0) is 37.0 Å². The topological polar surface area (TPSA) is 29.5 Å². The monoisotopic (exact) mass is 252 g/mol. The van der Waals surface area contributed by atoms with E-state index in [2.05, 4.69) is 6.92 Å². The Hall–Kier alpha value is -1.09. The third-order valence-corrected chi connectivity index (χ3v) is 4.16. The number of hydrogen-bond donors (Lipinski definition) is 1. The second-order valence-corrected chi connectivity index (χ2v) is 5.12. The number of hydrogen-bond acceptors (Lipinski definition) is 2. The number of ether oxygens (including phenoxy) is 1. The fraction of sp³-hybridized carbons (Fsp3) is 0.600. The summed E-state index contributed by atoms with van der Waals surface area (Å²) in [6, 6.07) is 4.40. The Morgan fingerprint density at radius 1 is 1.44 bits per heavy atom. The van der Waals surface area contributed by atoms with Gasteiger partial charge in [0.05, 0.1) is 12.7 Å². The molecule has 0 saturated heterocycles. The number of rotatable bonds is 3. The predicted molar refractivity (Wildman–Crippen MR) is 69.1 cm³/mol. The molecule has 1 aliphatic rings. The maximum absolute atomic E-state index is 13.5.